The smallest absolute Gasteiger partial charge is 0.317 e. The predicted molar refractivity (Wildman–Crippen MR) is 77.0 cm³/mol. The number of aromatic nitrogens is 1. The van der Waals surface area contributed by atoms with Crippen molar-refractivity contribution in [3.8, 4) is 0 Å². The third-order valence-corrected chi connectivity index (χ3v) is 3.43. The summed E-state index contributed by atoms with van der Waals surface area (Å²) >= 11 is 0. The highest BCUT2D eigenvalue weighted by Gasteiger charge is 2.21. The zero-order valence-electron chi connectivity index (χ0n) is 11.9. The van der Waals surface area contributed by atoms with Gasteiger partial charge in [-0.15, -0.1) is 0 Å². The van der Waals surface area contributed by atoms with E-state index >= 15 is 0 Å². The molecule has 0 aromatic carbocycles. The highest BCUT2D eigenvalue weighted by Crippen LogP contribution is 2.02. The molecule has 2 heterocycles. The average molecular weight is 292 g/mol. The maximum Gasteiger partial charge on any atom is 0.317 e. The van der Waals surface area contributed by atoms with Crippen molar-refractivity contribution in [3.63, 3.8) is 0 Å². The lowest BCUT2D eigenvalue weighted by Crippen LogP contribution is -2.52. The second-order valence-corrected chi connectivity index (χ2v) is 5.00. The molecule has 0 saturated carbocycles. The minimum absolute atomic E-state index is 0.0382. The Labute approximate surface area is 123 Å². The SMILES string of the molecule is O=C(O)CN1CCN(C(=O)NCCc2cccnc2)CC1. The normalized spacial score (nSPS) is 15.7. The third kappa shape index (κ3) is 5.03. The van der Waals surface area contributed by atoms with E-state index < -0.39 is 5.97 Å². The molecule has 1 aliphatic rings. The Morgan fingerprint density at radius 2 is 2.05 bits per heavy atom. The summed E-state index contributed by atoms with van der Waals surface area (Å²) in [5.41, 5.74) is 1.09. The number of urea groups is 1. The molecule has 1 aromatic rings. The lowest BCUT2D eigenvalue weighted by molar-refractivity contribution is -0.138. The molecule has 114 valence electrons. The molecule has 7 heteroatoms. The summed E-state index contributed by atoms with van der Waals surface area (Å²) < 4.78 is 0. The van der Waals surface area contributed by atoms with Crippen LogP contribution in [0, 0.1) is 0 Å². The molecule has 0 bridgehead atoms. The topological polar surface area (TPSA) is 85.8 Å². The van der Waals surface area contributed by atoms with Gasteiger partial charge in [0, 0.05) is 45.1 Å². The van der Waals surface area contributed by atoms with Crippen LogP contribution in [0.4, 0.5) is 4.79 Å². The van der Waals surface area contributed by atoms with Crippen LogP contribution in [-0.4, -0.2) is 71.2 Å². The first-order valence-corrected chi connectivity index (χ1v) is 7.01. The Morgan fingerprint density at radius 3 is 2.67 bits per heavy atom. The number of piperazine rings is 1. The molecule has 7 nitrogen and oxygen atoms in total. The summed E-state index contributed by atoms with van der Waals surface area (Å²) in [5, 5.41) is 11.6. The first-order chi connectivity index (χ1) is 10.1. The lowest BCUT2D eigenvalue weighted by Gasteiger charge is -2.33. The first kappa shape index (κ1) is 15.2. The van der Waals surface area contributed by atoms with E-state index in [1.807, 2.05) is 17.0 Å². The molecule has 0 atom stereocenters. The monoisotopic (exact) mass is 292 g/mol. The summed E-state index contributed by atoms with van der Waals surface area (Å²) in [6, 6.07) is 3.76. The molecular formula is C14H20N4O3. The zero-order chi connectivity index (χ0) is 15.1. The van der Waals surface area contributed by atoms with Gasteiger partial charge in [-0.05, 0) is 18.1 Å². The van der Waals surface area contributed by atoms with Gasteiger partial charge in [-0.25, -0.2) is 4.79 Å². The van der Waals surface area contributed by atoms with Crippen molar-refractivity contribution in [2.75, 3.05) is 39.3 Å². The van der Waals surface area contributed by atoms with E-state index in [0.29, 0.717) is 32.7 Å². The fourth-order valence-corrected chi connectivity index (χ4v) is 2.27. The number of nitrogens with zero attached hydrogens (tertiary/aromatic N) is 3. The molecular weight excluding hydrogens is 272 g/mol. The summed E-state index contributed by atoms with van der Waals surface area (Å²) in [5.74, 6) is -0.829. The van der Waals surface area contributed by atoms with Gasteiger partial charge in [0.15, 0.2) is 0 Å². The number of pyridine rings is 1. The number of carbonyl (C=O) groups is 2. The van der Waals surface area contributed by atoms with Gasteiger partial charge in [0.2, 0.25) is 0 Å². The van der Waals surface area contributed by atoms with Gasteiger partial charge in [0.25, 0.3) is 0 Å². The molecule has 0 spiro atoms. The first-order valence-electron chi connectivity index (χ1n) is 7.01. The standard InChI is InChI=1S/C14H20N4O3/c19-13(20)11-17-6-8-18(9-7-17)14(21)16-5-3-12-2-1-4-15-10-12/h1-2,4,10H,3,5-9,11H2,(H,16,21)(H,19,20). The fourth-order valence-electron chi connectivity index (χ4n) is 2.27. The minimum Gasteiger partial charge on any atom is -0.480 e. The third-order valence-electron chi connectivity index (χ3n) is 3.43. The van der Waals surface area contributed by atoms with E-state index in [0.717, 1.165) is 12.0 Å². The van der Waals surface area contributed by atoms with Crippen molar-refractivity contribution in [3.05, 3.63) is 30.1 Å². The number of amides is 2. The summed E-state index contributed by atoms with van der Waals surface area (Å²) in [6.07, 6.45) is 4.26. The number of aliphatic carboxylic acids is 1. The molecule has 0 aliphatic carbocycles. The predicted octanol–water partition coefficient (Wildman–Crippen LogP) is 0.0359. The van der Waals surface area contributed by atoms with Gasteiger partial charge in [-0.3, -0.25) is 14.7 Å². The van der Waals surface area contributed by atoms with E-state index in [4.69, 9.17) is 5.11 Å². The van der Waals surface area contributed by atoms with Crippen molar-refractivity contribution in [1.29, 1.82) is 0 Å². The van der Waals surface area contributed by atoms with Crippen LogP contribution in [0.3, 0.4) is 0 Å². The van der Waals surface area contributed by atoms with E-state index in [9.17, 15) is 9.59 Å². The fraction of sp³-hybridized carbons (Fsp3) is 0.500. The van der Waals surface area contributed by atoms with Crippen LogP contribution < -0.4 is 5.32 Å². The molecule has 0 radical (unpaired) electrons. The number of hydrogen-bond donors (Lipinski definition) is 2. The van der Waals surface area contributed by atoms with Crippen molar-refractivity contribution in [2.24, 2.45) is 0 Å². The quantitative estimate of drug-likeness (QED) is 0.800. The Balaban J connectivity index is 1.67. The molecule has 1 saturated heterocycles. The Kier molecular flexibility index (Phi) is 5.51. The number of hydrogen-bond acceptors (Lipinski definition) is 4. The van der Waals surface area contributed by atoms with Crippen LogP contribution in [0.1, 0.15) is 5.56 Å². The summed E-state index contributed by atoms with van der Waals surface area (Å²) in [4.78, 5) is 30.2. The summed E-state index contributed by atoms with van der Waals surface area (Å²) in [6.45, 7) is 2.93. The number of carboxylic acids is 1. The van der Waals surface area contributed by atoms with Crippen LogP contribution in [0.15, 0.2) is 24.5 Å². The van der Waals surface area contributed by atoms with Crippen molar-refractivity contribution >= 4 is 12.0 Å². The summed E-state index contributed by atoms with van der Waals surface area (Å²) in [7, 11) is 0. The van der Waals surface area contributed by atoms with Crippen LogP contribution >= 0.6 is 0 Å². The maximum atomic E-state index is 12.0. The van der Waals surface area contributed by atoms with Crippen LogP contribution in [0.25, 0.3) is 0 Å². The van der Waals surface area contributed by atoms with Crippen molar-refractivity contribution < 1.29 is 14.7 Å². The lowest BCUT2D eigenvalue weighted by atomic mass is 10.2. The van der Waals surface area contributed by atoms with Gasteiger partial charge in [0.05, 0.1) is 6.54 Å². The van der Waals surface area contributed by atoms with Crippen LogP contribution in [0.5, 0.6) is 0 Å². The molecule has 2 amide bonds. The maximum absolute atomic E-state index is 12.0. The highest BCUT2D eigenvalue weighted by atomic mass is 16.4. The molecule has 1 aromatic heterocycles. The molecule has 21 heavy (non-hydrogen) atoms. The van der Waals surface area contributed by atoms with Crippen molar-refractivity contribution in [1.82, 2.24) is 20.1 Å². The Hall–Kier alpha value is -2.15. The molecule has 0 unspecified atom stereocenters. The highest BCUT2D eigenvalue weighted by molar-refractivity contribution is 5.74. The van der Waals surface area contributed by atoms with Crippen molar-refractivity contribution in [2.45, 2.75) is 6.42 Å². The van der Waals surface area contributed by atoms with E-state index in [2.05, 4.69) is 10.3 Å². The van der Waals surface area contributed by atoms with Gasteiger partial charge < -0.3 is 15.3 Å². The second-order valence-electron chi connectivity index (χ2n) is 5.00. The zero-order valence-corrected chi connectivity index (χ0v) is 11.9. The average Bonchev–Trinajstić information content (AvgIpc) is 2.48. The number of nitrogens with one attached hydrogen (secondary N) is 1. The number of carbonyl (C=O) groups excluding carboxylic acids is 1. The number of rotatable bonds is 5. The molecule has 2 N–H and O–H groups in total. The van der Waals surface area contributed by atoms with Gasteiger partial charge in [-0.2, -0.15) is 0 Å². The molecule has 1 fully saturated rings. The van der Waals surface area contributed by atoms with Gasteiger partial charge >= 0.3 is 12.0 Å². The molecule has 2 rings (SSSR count). The Morgan fingerprint density at radius 1 is 1.29 bits per heavy atom. The Bertz CT molecular complexity index is 472. The largest absolute Gasteiger partial charge is 0.480 e. The van der Waals surface area contributed by atoms with Crippen LogP contribution in [-0.2, 0) is 11.2 Å². The minimum atomic E-state index is -0.829. The van der Waals surface area contributed by atoms with Gasteiger partial charge in [0.1, 0.15) is 0 Å². The molecule has 1 aliphatic heterocycles. The van der Waals surface area contributed by atoms with E-state index in [-0.39, 0.29) is 12.6 Å². The second kappa shape index (κ2) is 7.58. The van der Waals surface area contributed by atoms with E-state index in [1.165, 1.54) is 0 Å². The van der Waals surface area contributed by atoms with Crippen LogP contribution in [0.2, 0.25) is 0 Å². The van der Waals surface area contributed by atoms with E-state index in [1.54, 1.807) is 17.3 Å². The number of carboxylic acid groups (broad SMARTS) is 1. The van der Waals surface area contributed by atoms with Gasteiger partial charge in [-0.1, -0.05) is 6.07 Å².